The van der Waals surface area contributed by atoms with Crippen LogP contribution in [0.1, 0.15) is 15.9 Å². The van der Waals surface area contributed by atoms with Gasteiger partial charge in [0, 0.05) is 4.47 Å². The van der Waals surface area contributed by atoms with Crippen molar-refractivity contribution in [1.29, 1.82) is 0 Å². The van der Waals surface area contributed by atoms with Crippen molar-refractivity contribution in [2.45, 2.75) is 6.92 Å². The molecule has 0 heterocycles. The summed E-state index contributed by atoms with van der Waals surface area (Å²) in [7, 11) is 0. The molecular weight excluding hydrogens is 314 g/mol. The summed E-state index contributed by atoms with van der Waals surface area (Å²) in [5, 5.41) is 0. The second-order valence-electron chi connectivity index (χ2n) is 4.03. The summed E-state index contributed by atoms with van der Waals surface area (Å²) in [6.07, 6.45) is 0. The molecule has 102 valence electrons. The van der Waals surface area contributed by atoms with E-state index in [1.54, 1.807) is 12.1 Å². The molecule has 0 saturated heterocycles. The zero-order chi connectivity index (χ0) is 14.6. The van der Waals surface area contributed by atoms with Crippen LogP contribution in [0.4, 0.5) is 0 Å². The maximum Gasteiger partial charge on any atom is 0.255 e. The van der Waals surface area contributed by atoms with E-state index < -0.39 is 17.7 Å². The van der Waals surface area contributed by atoms with Crippen LogP contribution in [0.25, 0.3) is 0 Å². The number of nitrogens with two attached hydrogens (primary N) is 2. The minimum Gasteiger partial charge on any atom is -0.368 e. The fourth-order valence-electron chi connectivity index (χ4n) is 1.56. The van der Waals surface area contributed by atoms with Crippen molar-refractivity contribution < 1.29 is 14.4 Å². The van der Waals surface area contributed by atoms with E-state index in [0.717, 1.165) is 10.5 Å². The Labute approximate surface area is 118 Å². The molecule has 0 saturated carbocycles. The predicted octanol–water partition coefficient (Wildman–Crippen LogP) is 0.170. The molecular formula is C12H14BrN3O3. The van der Waals surface area contributed by atoms with E-state index in [1.165, 1.54) is 0 Å². The summed E-state index contributed by atoms with van der Waals surface area (Å²) in [4.78, 5) is 35.2. The molecule has 0 fully saturated rings. The molecule has 1 rings (SSSR count). The molecule has 1 aromatic carbocycles. The second-order valence-corrected chi connectivity index (χ2v) is 4.82. The lowest BCUT2D eigenvalue weighted by Crippen LogP contribution is -2.43. The summed E-state index contributed by atoms with van der Waals surface area (Å²) >= 11 is 3.30. The average molecular weight is 328 g/mol. The minimum absolute atomic E-state index is 0.350. The molecule has 0 bridgehead atoms. The number of hydrogen-bond acceptors (Lipinski definition) is 3. The standard InChI is InChI=1S/C12H14BrN3O3/c1-7-3-2-4-8(11(7)13)12(19)16(5-9(14)17)6-10(15)18/h2-4H,5-6H2,1H3,(H2,14,17)(H2,15,18). The van der Waals surface area contributed by atoms with Gasteiger partial charge in [0.15, 0.2) is 0 Å². The van der Waals surface area contributed by atoms with E-state index in [0.29, 0.717) is 10.0 Å². The Bertz CT molecular complexity index is 515. The maximum atomic E-state index is 12.3. The van der Waals surface area contributed by atoms with Crippen LogP contribution in [-0.4, -0.2) is 35.7 Å². The van der Waals surface area contributed by atoms with E-state index >= 15 is 0 Å². The molecule has 7 heteroatoms. The predicted molar refractivity (Wildman–Crippen MR) is 73.2 cm³/mol. The fourth-order valence-corrected chi connectivity index (χ4v) is 1.99. The van der Waals surface area contributed by atoms with Gasteiger partial charge in [-0.25, -0.2) is 0 Å². The van der Waals surface area contributed by atoms with Crippen molar-refractivity contribution in [3.8, 4) is 0 Å². The molecule has 0 atom stereocenters. The molecule has 0 aliphatic heterocycles. The number of benzene rings is 1. The first-order valence-corrected chi connectivity index (χ1v) is 6.23. The highest BCUT2D eigenvalue weighted by Crippen LogP contribution is 2.22. The van der Waals surface area contributed by atoms with E-state index in [4.69, 9.17) is 11.5 Å². The summed E-state index contributed by atoms with van der Waals surface area (Å²) in [5.41, 5.74) is 11.3. The second kappa shape index (κ2) is 6.33. The van der Waals surface area contributed by atoms with Gasteiger partial charge in [-0.3, -0.25) is 14.4 Å². The smallest absolute Gasteiger partial charge is 0.255 e. The van der Waals surface area contributed by atoms with Crippen molar-refractivity contribution >= 4 is 33.7 Å². The van der Waals surface area contributed by atoms with Crippen LogP contribution in [-0.2, 0) is 9.59 Å². The number of nitrogens with zero attached hydrogens (tertiary/aromatic N) is 1. The minimum atomic E-state index is -0.710. The summed E-state index contributed by atoms with van der Waals surface area (Å²) < 4.78 is 0.610. The van der Waals surface area contributed by atoms with Gasteiger partial charge in [-0.2, -0.15) is 0 Å². The van der Waals surface area contributed by atoms with Crippen LogP contribution in [0.15, 0.2) is 22.7 Å². The molecule has 1 aromatic rings. The van der Waals surface area contributed by atoms with Crippen LogP contribution in [0, 0.1) is 6.92 Å². The molecule has 0 unspecified atom stereocenters. The van der Waals surface area contributed by atoms with Gasteiger partial charge in [0.1, 0.15) is 13.1 Å². The van der Waals surface area contributed by atoms with Crippen molar-refractivity contribution in [1.82, 2.24) is 4.90 Å². The highest BCUT2D eigenvalue weighted by Gasteiger charge is 2.21. The van der Waals surface area contributed by atoms with Crippen LogP contribution in [0.5, 0.6) is 0 Å². The number of carbonyl (C=O) groups is 3. The molecule has 19 heavy (non-hydrogen) atoms. The van der Waals surface area contributed by atoms with Crippen LogP contribution in [0.2, 0.25) is 0 Å². The lowest BCUT2D eigenvalue weighted by Gasteiger charge is -2.20. The van der Waals surface area contributed by atoms with Gasteiger partial charge >= 0.3 is 0 Å². The number of carbonyl (C=O) groups excluding carboxylic acids is 3. The first-order valence-electron chi connectivity index (χ1n) is 5.44. The Balaban J connectivity index is 3.07. The number of hydrogen-bond donors (Lipinski definition) is 2. The molecule has 6 nitrogen and oxygen atoms in total. The van der Waals surface area contributed by atoms with Crippen molar-refractivity contribution in [3.63, 3.8) is 0 Å². The highest BCUT2D eigenvalue weighted by atomic mass is 79.9. The Morgan fingerprint density at radius 3 is 2.16 bits per heavy atom. The molecule has 0 radical (unpaired) electrons. The SMILES string of the molecule is Cc1cccc(C(=O)N(CC(N)=O)CC(N)=O)c1Br. The van der Waals surface area contributed by atoms with Gasteiger partial charge in [0.05, 0.1) is 5.56 Å². The number of halogens is 1. The lowest BCUT2D eigenvalue weighted by atomic mass is 10.1. The van der Waals surface area contributed by atoms with Gasteiger partial charge in [0.25, 0.3) is 5.91 Å². The normalized spacial score (nSPS) is 10.0. The molecule has 4 N–H and O–H groups in total. The van der Waals surface area contributed by atoms with Crippen LogP contribution >= 0.6 is 15.9 Å². The van der Waals surface area contributed by atoms with E-state index in [9.17, 15) is 14.4 Å². The Morgan fingerprint density at radius 2 is 1.68 bits per heavy atom. The average Bonchev–Trinajstić information content (AvgIpc) is 2.30. The first-order chi connectivity index (χ1) is 8.82. The van der Waals surface area contributed by atoms with E-state index in [1.807, 2.05) is 13.0 Å². The van der Waals surface area contributed by atoms with Crippen molar-refractivity contribution in [3.05, 3.63) is 33.8 Å². The number of amides is 3. The maximum absolute atomic E-state index is 12.3. The fraction of sp³-hybridized carbons (Fsp3) is 0.250. The van der Waals surface area contributed by atoms with Gasteiger partial charge in [-0.05, 0) is 34.5 Å². The molecule has 0 aliphatic carbocycles. The van der Waals surface area contributed by atoms with E-state index in [-0.39, 0.29) is 13.1 Å². The third-order valence-corrected chi connectivity index (χ3v) is 3.46. The summed E-state index contributed by atoms with van der Waals surface area (Å²) in [6, 6.07) is 5.13. The Hall–Kier alpha value is -1.89. The number of primary amides is 2. The Kier molecular flexibility index (Phi) is 5.05. The van der Waals surface area contributed by atoms with Crippen LogP contribution < -0.4 is 11.5 Å². The quantitative estimate of drug-likeness (QED) is 0.804. The molecule has 0 aliphatic rings. The summed E-state index contributed by atoms with van der Waals surface area (Å²) in [6.45, 7) is 1.11. The third-order valence-electron chi connectivity index (χ3n) is 2.40. The summed E-state index contributed by atoms with van der Waals surface area (Å²) in [5.74, 6) is -1.90. The molecule has 0 spiro atoms. The largest absolute Gasteiger partial charge is 0.368 e. The zero-order valence-corrected chi connectivity index (χ0v) is 11.9. The third kappa shape index (κ3) is 4.06. The Morgan fingerprint density at radius 1 is 1.16 bits per heavy atom. The topological polar surface area (TPSA) is 106 Å². The van der Waals surface area contributed by atoms with Gasteiger partial charge < -0.3 is 16.4 Å². The number of rotatable bonds is 5. The zero-order valence-electron chi connectivity index (χ0n) is 10.4. The lowest BCUT2D eigenvalue weighted by molar-refractivity contribution is -0.121. The van der Waals surface area contributed by atoms with Crippen molar-refractivity contribution in [2.24, 2.45) is 11.5 Å². The molecule has 0 aromatic heterocycles. The first kappa shape index (κ1) is 15.2. The van der Waals surface area contributed by atoms with E-state index in [2.05, 4.69) is 15.9 Å². The van der Waals surface area contributed by atoms with Crippen LogP contribution in [0.3, 0.4) is 0 Å². The molecule has 3 amide bonds. The van der Waals surface area contributed by atoms with Gasteiger partial charge in [0.2, 0.25) is 11.8 Å². The van der Waals surface area contributed by atoms with Crippen molar-refractivity contribution in [2.75, 3.05) is 13.1 Å². The number of aryl methyl sites for hydroxylation is 1. The van der Waals surface area contributed by atoms with Gasteiger partial charge in [-0.15, -0.1) is 0 Å². The monoisotopic (exact) mass is 327 g/mol. The van der Waals surface area contributed by atoms with Gasteiger partial charge in [-0.1, -0.05) is 12.1 Å². The highest BCUT2D eigenvalue weighted by molar-refractivity contribution is 9.10.